The van der Waals surface area contributed by atoms with Crippen LogP contribution in [0.15, 0.2) is 0 Å². The van der Waals surface area contributed by atoms with Gasteiger partial charge in [-0.1, -0.05) is 13.8 Å². The van der Waals surface area contributed by atoms with Crippen LogP contribution in [0.1, 0.15) is 40.0 Å². The van der Waals surface area contributed by atoms with Crippen LogP contribution in [0.25, 0.3) is 0 Å². The van der Waals surface area contributed by atoms with E-state index < -0.39 is 11.5 Å². The summed E-state index contributed by atoms with van der Waals surface area (Å²) in [4.78, 5) is 13.6. The van der Waals surface area contributed by atoms with E-state index in [1.807, 2.05) is 0 Å². The molecule has 3 atom stereocenters. The lowest BCUT2D eigenvalue weighted by Gasteiger charge is -2.28. The van der Waals surface area contributed by atoms with Gasteiger partial charge in [-0.05, 0) is 51.6 Å². The molecule has 1 aliphatic carbocycles. The van der Waals surface area contributed by atoms with Crippen LogP contribution in [0.3, 0.4) is 0 Å². The molecule has 0 aromatic rings. The lowest BCUT2D eigenvalue weighted by atomic mass is 9.97. The third-order valence-electron chi connectivity index (χ3n) is 4.05. The Morgan fingerprint density at radius 1 is 1.56 bits per heavy atom. The molecule has 1 fully saturated rings. The van der Waals surface area contributed by atoms with Crippen molar-refractivity contribution in [3.8, 4) is 0 Å². The number of nitrogens with zero attached hydrogens (tertiary/aromatic N) is 1. The molecule has 0 radical (unpaired) electrons. The van der Waals surface area contributed by atoms with Gasteiger partial charge in [0.25, 0.3) is 0 Å². The quantitative estimate of drug-likeness (QED) is 0.660. The van der Waals surface area contributed by atoms with E-state index in [2.05, 4.69) is 31.1 Å². The molecular weight excluding hydrogens is 228 g/mol. The summed E-state index contributed by atoms with van der Waals surface area (Å²) in [6.45, 7) is 8.82. The van der Waals surface area contributed by atoms with Crippen LogP contribution in [0.4, 0.5) is 0 Å². The van der Waals surface area contributed by atoms with Gasteiger partial charge in [-0.2, -0.15) is 0 Å². The number of rotatable bonds is 9. The molecule has 0 aliphatic heterocycles. The molecule has 0 aromatic carbocycles. The molecule has 1 saturated carbocycles. The number of carboxylic acids is 1. The third-order valence-corrected chi connectivity index (χ3v) is 4.05. The highest BCUT2D eigenvalue weighted by Crippen LogP contribution is 2.37. The Morgan fingerprint density at radius 2 is 2.17 bits per heavy atom. The number of nitrogens with one attached hydrogen (secondary N) is 1. The van der Waals surface area contributed by atoms with Crippen LogP contribution < -0.4 is 5.32 Å². The van der Waals surface area contributed by atoms with Crippen LogP contribution in [-0.4, -0.2) is 48.2 Å². The minimum absolute atomic E-state index is 0.653. The predicted octanol–water partition coefficient (Wildman–Crippen LogP) is 1.81. The second kappa shape index (κ2) is 6.53. The van der Waals surface area contributed by atoms with Crippen LogP contribution in [0.5, 0.6) is 0 Å². The molecule has 0 spiro atoms. The van der Waals surface area contributed by atoms with Gasteiger partial charge in [-0.3, -0.25) is 4.79 Å². The van der Waals surface area contributed by atoms with Crippen molar-refractivity contribution in [2.75, 3.05) is 26.7 Å². The first kappa shape index (κ1) is 15.4. The topological polar surface area (TPSA) is 52.6 Å². The average molecular weight is 256 g/mol. The molecule has 2 N–H and O–H groups in total. The van der Waals surface area contributed by atoms with Gasteiger partial charge >= 0.3 is 5.97 Å². The Morgan fingerprint density at radius 3 is 2.61 bits per heavy atom. The Hall–Kier alpha value is -0.610. The minimum Gasteiger partial charge on any atom is -0.480 e. The maximum Gasteiger partial charge on any atom is 0.323 e. The first-order chi connectivity index (χ1) is 8.39. The van der Waals surface area contributed by atoms with Crippen LogP contribution in [-0.2, 0) is 4.79 Å². The monoisotopic (exact) mass is 256 g/mol. The zero-order valence-corrected chi connectivity index (χ0v) is 12.2. The first-order valence-electron chi connectivity index (χ1n) is 7.06. The summed E-state index contributed by atoms with van der Waals surface area (Å²) in [7, 11) is 2.09. The number of aliphatic carboxylic acids is 1. The number of hydrogen-bond acceptors (Lipinski definition) is 3. The van der Waals surface area contributed by atoms with Crippen molar-refractivity contribution in [1.29, 1.82) is 0 Å². The predicted molar refractivity (Wildman–Crippen MR) is 73.7 cm³/mol. The van der Waals surface area contributed by atoms with E-state index in [0.29, 0.717) is 6.42 Å². The molecule has 18 heavy (non-hydrogen) atoms. The molecule has 4 nitrogen and oxygen atoms in total. The molecule has 0 amide bonds. The SMILES string of the molecule is CCCNC(C)(CCN(C)CC1CC1C)C(=O)O. The molecule has 0 saturated heterocycles. The van der Waals surface area contributed by atoms with Crippen LogP contribution >= 0.6 is 0 Å². The number of carbonyl (C=O) groups is 1. The largest absolute Gasteiger partial charge is 0.480 e. The Bertz CT molecular complexity index is 283. The highest BCUT2D eigenvalue weighted by atomic mass is 16.4. The molecule has 0 bridgehead atoms. The van der Waals surface area contributed by atoms with E-state index in [0.717, 1.165) is 37.9 Å². The zero-order valence-electron chi connectivity index (χ0n) is 12.2. The normalized spacial score (nSPS) is 26.1. The minimum atomic E-state index is -0.792. The summed E-state index contributed by atoms with van der Waals surface area (Å²) >= 11 is 0. The number of carboxylic acid groups (broad SMARTS) is 1. The zero-order chi connectivity index (χ0) is 13.8. The van der Waals surface area contributed by atoms with Gasteiger partial charge in [-0.15, -0.1) is 0 Å². The van der Waals surface area contributed by atoms with E-state index in [9.17, 15) is 9.90 Å². The van der Waals surface area contributed by atoms with E-state index in [-0.39, 0.29) is 0 Å². The number of hydrogen-bond donors (Lipinski definition) is 2. The Labute approximate surface area is 111 Å². The van der Waals surface area contributed by atoms with Crippen LogP contribution in [0.2, 0.25) is 0 Å². The standard InChI is InChI=1S/C14H28N2O2/c1-5-7-15-14(3,13(17)18)6-8-16(4)10-12-9-11(12)2/h11-12,15H,5-10H2,1-4H3,(H,17,18). The molecule has 0 aromatic heterocycles. The summed E-state index contributed by atoms with van der Waals surface area (Å²) in [5.41, 5.74) is -0.792. The lowest BCUT2D eigenvalue weighted by Crippen LogP contribution is -2.51. The second-order valence-electron chi connectivity index (χ2n) is 6.05. The van der Waals surface area contributed by atoms with E-state index in [4.69, 9.17) is 0 Å². The summed E-state index contributed by atoms with van der Waals surface area (Å²) in [5.74, 6) is 0.940. The van der Waals surface area contributed by atoms with E-state index in [1.165, 1.54) is 6.42 Å². The van der Waals surface area contributed by atoms with Crippen LogP contribution in [0, 0.1) is 11.8 Å². The second-order valence-corrected chi connectivity index (χ2v) is 6.05. The van der Waals surface area contributed by atoms with Crippen molar-refractivity contribution >= 4 is 5.97 Å². The van der Waals surface area contributed by atoms with Crippen molar-refractivity contribution in [2.45, 2.75) is 45.6 Å². The molecule has 106 valence electrons. The smallest absolute Gasteiger partial charge is 0.323 e. The van der Waals surface area contributed by atoms with Gasteiger partial charge in [0.2, 0.25) is 0 Å². The molecule has 1 rings (SSSR count). The van der Waals surface area contributed by atoms with Crippen molar-refractivity contribution in [2.24, 2.45) is 11.8 Å². The fraction of sp³-hybridized carbons (Fsp3) is 0.929. The average Bonchev–Trinajstić information content (AvgIpc) is 2.99. The van der Waals surface area contributed by atoms with Gasteiger partial charge in [0.05, 0.1) is 0 Å². The van der Waals surface area contributed by atoms with Gasteiger partial charge in [0.15, 0.2) is 0 Å². The molecule has 1 aliphatic rings. The van der Waals surface area contributed by atoms with Crippen molar-refractivity contribution in [1.82, 2.24) is 10.2 Å². The van der Waals surface area contributed by atoms with Gasteiger partial charge < -0.3 is 15.3 Å². The maximum absolute atomic E-state index is 11.3. The van der Waals surface area contributed by atoms with Crippen molar-refractivity contribution < 1.29 is 9.90 Å². The van der Waals surface area contributed by atoms with E-state index >= 15 is 0 Å². The van der Waals surface area contributed by atoms with Gasteiger partial charge in [0, 0.05) is 13.1 Å². The van der Waals surface area contributed by atoms with E-state index in [1.54, 1.807) is 6.92 Å². The molecular formula is C14H28N2O2. The Balaban J connectivity index is 2.33. The highest BCUT2D eigenvalue weighted by Gasteiger charge is 2.35. The fourth-order valence-corrected chi connectivity index (χ4v) is 2.23. The highest BCUT2D eigenvalue weighted by molar-refractivity contribution is 5.78. The summed E-state index contributed by atoms with van der Waals surface area (Å²) in [6.07, 6.45) is 2.94. The summed E-state index contributed by atoms with van der Waals surface area (Å²) in [5, 5.41) is 12.5. The molecule has 3 unspecified atom stereocenters. The Kier molecular flexibility index (Phi) is 5.60. The summed E-state index contributed by atoms with van der Waals surface area (Å²) < 4.78 is 0. The van der Waals surface area contributed by atoms with Crippen molar-refractivity contribution in [3.63, 3.8) is 0 Å². The third kappa shape index (κ3) is 4.58. The molecule has 4 heteroatoms. The first-order valence-corrected chi connectivity index (χ1v) is 7.06. The molecule has 0 heterocycles. The fourth-order valence-electron chi connectivity index (χ4n) is 2.23. The van der Waals surface area contributed by atoms with Gasteiger partial charge in [0.1, 0.15) is 5.54 Å². The van der Waals surface area contributed by atoms with Gasteiger partial charge in [-0.25, -0.2) is 0 Å². The summed E-state index contributed by atoms with van der Waals surface area (Å²) in [6, 6.07) is 0. The van der Waals surface area contributed by atoms with Crippen molar-refractivity contribution in [3.05, 3.63) is 0 Å². The maximum atomic E-state index is 11.3. The lowest BCUT2D eigenvalue weighted by molar-refractivity contribution is -0.144.